The van der Waals surface area contributed by atoms with Gasteiger partial charge in [-0.05, 0) is 30.4 Å². The number of aliphatic hydroxyl groups excluding tert-OH is 1. The Kier molecular flexibility index (Phi) is 36.6. The highest BCUT2D eigenvalue weighted by Gasteiger charge is 2.16. The van der Waals surface area contributed by atoms with Crippen molar-refractivity contribution in [2.45, 2.75) is 33.1 Å². The van der Waals surface area contributed by atoms with Crippen LogP contribution in [0.2, 0.25) is 0 Å². The van der Waals surface area contributed by atoms with E-state index in [0.29, 0.717) is 164 Å². The number of carbonyl (C=O) groups is 1. The second-order valence-corrected chi connectivity index (χ2v) is 12.3. The van der Waals surface area contributed by atoms with Gasteiger partial charge in [0.2, 0.25) is 0 Å². The predicted molar refractivity (Wildman–Crippen MR) is 201 cm³/mol. The molecule has 1 unspecified atom stereocenters. The molecule has 0 aliphatic carbocycles. The number of ether oxygens (including phenoxy) is 13. The zero-order chi connectivity index (χ0) is 39.0. The van der Waals surface area contributed by atoms with Crippen LogP contribution in [0.15, 0.2) is 24.3 Å². The van der Waals surface area contributed by atoms with E-state index in [1.165, 1.54) is 5.56 Å². The van der Waals surface area contributed by atoms with Crippen LogP contribution in [0.4, 0.5) is 0 Å². The van der Waals surface area contributed by atoms with Crippen molar-refractivity contribution in [2.75, 3.05) is 172 Å². The maximum absolute atomic E-state index is 12.3. The summed E-state index contributed by atoms with van der Waals surface area (Å²) in [6, 6.07) is 8.18. The number of aliphatic hydroxyl groups is 1. The van der Waals surface area contributed by atoms with Gasteiger partial charge in [-0.15, -0.1) is 0 Å². The summed E-state index contributed by atoms with van der Waals surface area (Å²) in [5.74, 6) is 0.0333. The summed E-state index contributed by atoms with van der Waals surface area (Å²) in [6.07, 6.45) is 1.03. The topological polar surface area (TPSA) is 157 Å². The van der Waals surface area contributed by atoms with Gasteiger partial charge in [-0.2, -0.15) is 0 Å². The van der Waals surface area contributed by atoms with E-state index in [-0.39, 0.29) is 25.1 Å². The zero-order valence-corrected chi connectivity index (χ0v) is 33.2. The number of esters is 1. The van der Waals surface area contributed by atoms with Gasteiger partial charge in [0.25, 0.3) is 0 Å². The molecule has 0 saturated carbocycles. The third-order valence-electron chi connectivity index (χ3n) is 7.28. The molecule has 0 heterocycles. The molecule has 0 amide bonds. The van der Waals surface area contributed by atoms with Gasteiger partial charge in [-0.3, -0.25) is 4.79 Å². The predicted octanol–water partition coefficient (Wildman–Crippen LogP) is 2.72. The third-order valence-corrected chi connectivity index (χ3v) is 7.28. The molecule has 0 radical (unpaired) electrons. The van der Waals surface area contributed by atoms with Crippen molar-refractivity contribution in [3.63, 3.8) is 0 Å². The number of carbonyl (C=O) groups excluding carboxylic acids is 1. The van der Waals surface area contributed by atoms with Crippen LogP contribution in [0.5, 0.6) is 0 Å². The Morgan fingerprint density at radius 3 is 0.944 bits per heavy atom. The van der Waals surface area contributed by atoms with Crippen LogP contribution in [-0.4, -0.2) is 183 Å². The van der Waals surface area contributed by atoms with E-state index in [9.17, 15) is 4.79 Å². The molecule has 1 rings (SSSR count). The molecular weight excluding hydrogens is 708 g/mol. The third kappa shape index (κ3) is 33.5. The van der Waals surface area contributed by atoms with Crippen molar-refractivity contribution < 1.29 is 71.5 Å². The van der Waals surface area contributed by atoms with Gasteiger partial charge in [0.1, 0.15) is 6.61 Å². The number of hydrogen-bond acceptors (Lipinski definition) is 15. The molecule has 1 aromatic rings. The van der Waals surface area contributed by atoms with Crippen LogP contribution in [0.3, 0.4) is 0 Å². The van der Waals surface area contributed by atoms with Gasteiger partial charge in [0.15, 0.2) is 0 Å². The van der Waals surface area contributed by atoms with E-state index in [2.05, 4.69) is 26.0 Å². The summed E-state index contributed by atoms with van der Waals surface area (Å²) < 4.78 is 70.5. The van der Waals surface area contributed by atoms with Crippen LogP contribution < -0.4 is 0 Å². The number of hydrogen-bond donors (Lipinski definition) is 1. The Morgan fingerprint density at radius 1 is 0.426 bits per heavy atom. The minimum absolute atomic E-state index is 0.0208. The Hall–Kier alpha value is -1.83. The number of rotatable bonds is 42. The lowest BCUT2D eigenvalue weighted by molar-refractivity contribution is -0.146. The highest BCUT2D eigenvalue weighted by atomic mass is 16.6. The lowest BCUT2D eigenvalue weighted by Crippen LogP contribution is -2.17. The molecule has 0 saturated heterocycles. The minimum Gasteiger partial charge on any atom is -0.463 e. The van der Waals surface area contributed by atoms with Crippen LogP contribution in [-0.2, 0) is 72.8 Å². The normalized spacial score (nSPS) is 12.2. The van der Waals surface area contributed by atoms with E-state index < -0.39 is 0 Å². The average Bonchev–Trinajstić information content (AvgIpc) is 3.17. The van der Waals surface area contributed by atoms with Gasteiger partial charge >= 0.3 is 5.97 Å². The minimum atomic E-state index is -0.313. The summed E-state index contributed by atoms with van der Waals surface area (Å²) in [6.45, 7) is 17.7. The summed E-state index contributed by atoms with van der Waals surface area (Å²) in [4.78, 5) is 12.3. The SMILES string of the molecule is CC(C)Cc1ccc(C(C)C(=O)OCCOCCOCCOCCOCCOCCOCCOCCOCCOCCOCCOCCOCCO)cc1. The summed E-state index contributed by atoms with van der Waals surface area (Å²) in [5, 5.41) is 8.59. The second-order valence-electron chi connectivity index (χ2n) is 12.3. The summed E-state index contributed by atoms with van der Waals surface area (Å²) >= 11 is 0. The fourth-order valence-electron chi connectivity index (χ4n) is 4.46. The Bertz CT molecular complexity index is 922. The Labute approximate surface area is 323 Å². The van der Waals surface area contributed by atoms with Crippen LogP contribution in [0.25, 0.3) is 0 Å². The molecule has 0 aliphatic heterocycles. The molecule has 1 aromatic carbocycles. The zero-order valence-electron chi connectivity index (χ0n) is 33.2. The van der Waals surface area contributed by atoms with Crippen molar-refractivity contribution in [1.82, 2.24) is 0 Å². The van der Waals surface area contributed by atoms with E-state index in [1.807, 2.05) is 19.1 Å². The standard InChI is InChI=1S/C39H70O15/c1-35(2)34-37-4-6-38(7-5-37)36(3)39(41)54-33-32-53-31-30-52-29-28-51-27-26-50-25-24-49-23-22-48-21-20-47-19-18-46-17-16-45-15-14-44-13-12-43-11-10-42-9-8-40/h4-7,35-36,40H,8-34H2,1-3H3. The maximum atomic E-state index is 12.3. The van der Waals surface area contributed by atoms with Gasteiger partial charge in [0, 0.05) is 0 Å². The van der Waals surface area contributed by atoms with Gasteiger partial charge in [-0.1, -0.05) is 38.1 Å². The first-order valence-corrected chi connectivity index (χ1v) is 19.3. The first kappa shape index (κ1) is 50.2. The van der Waals surface area contributed by atoms with Crippen molar-refractivity contribution in [1.29, 1.82) is 0 Å². The van der Waals surface area contributed by atoms with E-state index in [4.69, 9.17) is 66.7 Å². The fourth-order valence-corrected chi connectivity index (χ4v) is 4.46. The molecule has 1 atom stereocenters. The maximum Gasteiger partial charge on any atom is 0.313 e. The lowest BCUT2D eigenvalue weighted by Gasteiger charge is -2.13. The molecule has 0 bridgehead atoms. The van der Waals surface area contributed by atoms with Crippen molar-refractivity contribution >= 4 is 5.97 Å². The highest BCUT2D eigenvalue weighted by molar-refractivity contribution is 5.77. The molecule has 316 valence electrons. The largest absolute Gasteiger partial charge is 0.463 e. The Balaban J connectivity index is 1.70. The second kappa shape index (κ2) is 39.4. The van der Waals surface area contributed by atoms with Crippen LogP contribution >= 0.6 is 0 Å². The molecule has 0 spiro atoms. The van der Waals surface area contributed by atoms with E-state index in [0.717, 1.165) is 12.0 Å². The van der Waals surface area contributed by atoms with Gasteiger partial charge < -0.3 is 66.7 Å². The molecule has 0 aromatic heterocycles. The first-order chi connectivity index (χ1) is 26.5. The van der Waals surface area contributed by atoms with E-state index >= 15 is 0 Å². The van der Waals surface area contributed by atoms with Gasteiger partial charge in [0.05, 0.1) is 171 Å². The molecule has 1 N–H and O–H groups in total. The fraction of sp³-hybridized carbons (Fsp3) is 0.821. The molecule has 0 aliphatic rings. The molecule has 15 nitrogen and oxygen atoms in total. The monoisotopic (exact) mass is 778 g/mol. The van der Waals surface area contributed by atoms with Gasteiger partial charge in [-0.25, -0.2) is 0 Å². The summed E-state index contributed by atoms with van der Waals surface area (Å²) in [7, 11) is 0. The molecule has 0 fully saturated rings. The van der Waals surface area contributed by atoms with E-state index in [1.54, 1.807) is 0 Å². The van der Waals surface area contributed by atoms with Crippen molar-refractivity contribution in [3.05, 3.63) is 35.4 Å². The lowest BCUT2D eigenvalue weighted by atomic mass is 9.97. The van der Waals surface area contributed by atoms with Crippen molar-refractivity contribution in [3.8, 4) is 0 Å². The number of benzene rings is 1. The smallest absolute Gasteiger partial charge is 0.313 e. The Morgan fingerprint density at radius 2 is 0.685 bits per heavy atom. The summed E-state index contributed by atoms with van der Waals surface area (Å²) in [5.41, 5.74) is 2.23. The molecule has 54 heavy (non-hydrogen) atoms. The average molecular weight is 779 g/mol. The van der Waals surface area contributed by atoms with Crippen LogP contribution in [0.1, 0.15) is 37.8 Å². The molecular formula is C39H70O15. The van der Waals surface area contributed by atoms with Crippen LogP contribution in [0, 0.1) is 5.92 Å². The first-order valence-electron chi connectivity index (χ1n) is 19.3. The quantitative estimate of drug-likeness (QED) is 0.0763. The molecule has 15 heteroatoms. The highest BCUT2D eigenvalue weighted by Crippen LogP contribution is 2.19. The van der Waals surface area contributed by atoms with Crippen molar-refractivity contribution in [2.24, 2.45) is 5.92 Å².